The molecule has 0 aliphatic carbocycles. The number of hydrogen-bond donors (Lipinski definition) is 0. The lowest BCUT2D eigenvalue weighted by molar-refractivity contribution is -0.138. The topological polar surface area (TPSA) is 120 Å². The van der Waals surface area contributed by atoms with Gasteiger partial charge in [0.15, 0.2) is 0 Å². The summed E-state index contributed by atoms with van der Waals surface area (Å²) in [5.41, 5.74) is 7.07. The summed E-state index contributed by atoms with van der Waals surface area (Å²) in [4.78, 5) is 31.3. The Morgan fingerprint density at radius 2 is 0.870 bits per heavy atom. The number of hydrogen-bond acceptors (Lipinski definition) is 10. The van der Waals surface area contributed by atoms with Gasteiger partial charge in [0.05, 0.1) is 49.2 Å². The van der Waals surface area contributed by atoms with Gasteiger partial charge in [-0.25, -0.2) is 9.59 Å². The fraction of sp³-hybridized carbons (Fsp3) is 0.227. The number of esters is 2. The lowest BCUT2D eigenvalue weighted by Crippen LogP contribution is -2.04. The van der Waals surface area contributed by atoms with Crippen molar-refractivity contribution >= 4 is 47.2 Å². The molecular weight excluding hydrogens is 681 g/mol. The molecule has 0 atom stereocenters. The Morgan fingerprint density at radius 1 is 0.519 bits per heavy atom. The highest BCUT2D eigenvalue weighted by molar-refractivity contribution is 6.02. The first-order valence-electron chi connectivity index (χ1n) is 17.7. The fourth-order valence-corrected chi connectivity index (χ4v) is 4.69. The maximum absolute atomic E-state index is 11.1. The van der Waals surface area contributed by atoms with E-state index < -0.39 is 11.9 Å². The Bertz CT molecular complexity index is 1790. The molecule has 54 heavy (non-hydrogen) atoms. The lowest BCUT2D eigenvalue weighted by Gasteiger charge is -2.06. The first kappa shape index (κ1) is 40.4. The summed E-state index contributed by atoms with van der Waals surface area (Å²) >= 11 is 0. The third-order valence-electron chi connectivity index (χ3n) is 7.84. The Balaban J connectivity index is 1.20. The average Bonchev–Trinajstić information content (AvgIpc) is 3.21. The van der Waals surface area contributed by atoms with Crippen LogP contribution in [0.15, 0.2) is 143 Å². The van der Waals surface area contributed by atoms with Crippen molar-refractivity contribution in [3.63, 3.8) is 0 Å². The molecule has 0 radical (unpaired) electrons. The molecule has 0 saturated heterocycles. The number of carbonyl (C=O) groups excluding carboxylic acids is 2. The van der Waals surface area contributed by atoms with Gasteiger partial charge in [0, 0.05) is 24.6 Å². The molecular formula is C44H46N4O6. The number of aliphatic imine (C=N–C) groups is 2. The molecule has 0 N–H and O–H groups in total. The summed E-state index contributed by atoms with van der Waals surface area (Å²) in [5, 5.41) is 8.93. The van der Waals surface area contributed by atoms with Crippen molar-refractivity contribution in [3.8, 4) is 11.5 Å². The third-order valence-corrected chi connectivity index (χ3v) is 7.84. The van der Waals surface area contributed by atoms with Crippen LogP contribution in [0.3, 0.4) is 0 Å². The zero-order valence-corrected chi connectivity index (χ0v) is 30.9. The molecule has 0 aromatic heterocycles. The van der Waals surface area contributed by atoms with Gasteiger partial charge in [-0.1, -0.05) is 37.4 Å². The predicted octanol–water partition coefficient (Wildman–Crippen LogP) is 9.20. The van der Waals surface area contributed by atoms with Gasteiger partial charge in [0.1, 0.15) is 11.5 Å². The van der Waals surface area contributed by atoms with Crippen LogP contribution in [0.5, 0.6) is 11.5 Å². The molecule has 0 saturated carbocycles. The van der Waals surface area contributed by atoms with E-state index in [1.54, 1.807) is 0 Å². The van der Waals surface area contributed by atoms with E-state index in [1.165, 1.54) is 0 Å². The number of benzene rings is 4. The quantitative estimate of drug-likeness (QED) is 0.0278. The Labute approximate surface area is 317 Å². The zero-order valence-electron chi connectivity index (χ0n) is 30.9. The standard InChI is InChI=1S/C44H46N4O6/c1-5-43(49)53-29-9-7-27-51-41-23-11-35(12-24-41)31-45-39-19-15-37(16-20-39)33(3)47-48-34(4)38-17-21-40(22-18-38)46-32-36-13-25-42(26-14-36)52-28-8-10-30-54-44(50)6-2/h5-6,11-26,31-32H,1-2,7-10,27-30H2,3-4H3. The minimum Gasteiger partial charge on any atom is -0.494 e. The molecule has 0 spiro atoms. The first-order chi connectivity index (χ1) is 26.3. The number of carbonyl (C=O) groups is 2. The first-order valence-corrected chi connectivity index (χ1v) is 17.7. The minimum absolute atomic E-state index is 0.359. The second-order valence-electron chi connectivity index (χ2n) is 12.0. The van der Waals surface area contributed by atoms with E-state index in [0.29, 0.717) is 26.4 Å². The van der Waals surface area contributed by atoms with Crippen molar-refractivity contribution in [2.24, 2.45) is 20.2 Å². The van der Waals surface area contributed by atoms with Crippen LogP contribution in [0.25, 0.3) is 0 Å². The molecule has 0 amide bonds. The van der Waals surface area contributed by atoms with Crippen LogP contribution in [0.1, 0.15) is 61.8 Å². The molecule has 4 aromatic rings. The van der Waals surface area contributed by atoms with Crippen molar-refractivity contribution in [1.82, 2.24) is 0 Å². The van der Waals surface area contributed by atoms with Gasteiger partial charge < -0.3 is 18.9 Å². The summed E-state index contributed by atoms with van der Waals surface area (Å²) in [6.07, 6.45) is 8.96. The Morgan fingerprint density at radius 3 is 1.22 bits per heavy atom. The van der Waals surface area contributed by atoms with Crippen LogP contribution in [-0.2, 0) is 19.1 Å². The van der Waals surface area contributed by atoms with E-state index in [-0.39, 0.29) is 0 Å². The van der Waals surface area contributed by atoms with E-state index in [4.69, 9.17) is 18.9 Å². The molecule has 0 unspecified atom stereocenters. The average molecular weight is 727 g/mol. The Kier molecular flexibility index (Phi) is 16.8. The van der Waals surface area contributed by atoms with Crippen molar-refractivity contribution in [1.29, 1.82) is 0 Å². The highest BCUT2D eigenvalue weighted by atomic mass is 16.5. The van der Waals surface area contributed by atoms with E-state index >= 15 is 0 Å². The van der Waals surface area contributed by atoms with Crippen LogP contribution in [0, 0.1) is 0 Å². The van der Waals surface area contributed by atoms with Crippen molar-refractivity contribution in [3.05, 3.63) is 145 Å². The largest absolute Gasteiger partial charge is 0.494 e. The molecule has 278 valence electrons. The van der Waals surface area contributed by atoms with Gasteiger partial charge in [-0.3, -0.25) is 9.98 Å². The summed E-state index contributed by atoms with van der Waals surface area (Å²) in [7, 11) is 0. The monoisotopic (exact) mass is 726 g/mol. The maximum atomic E-state index is 11.1. The summed E-state index contributed by atoms with van der Waals surface area (Å²) in [5.74, 6) is 0.736. The van der Waals surface area contributed by atoms with Crippen LogP contribution >= 0.6 is 0 Å². The summed E-state index contributed by atoms with van der Waals surface area (Å²) in [6.45, 7) is 12.4. The van der Waals surface area contributed by atoms with E-state index in [9.17, 15) is 9.59 Å². The van der Waals surface area contributed by atoms with Crippen LogP contribution < -0.4 is 9.47 Å². The lowest BCUT2D eigenvalue weighted by atomic mass is 10.1. The van der Waals surface area contributed by atoms with Crippen molar-refractivity contribution in [2.75, 3.05) is 26.4 Å². The highest BCUT2D eigenvalue weighted by Crippen LogP contribution is 2.18. The second-order valence-corrected chi connectivity index (χ2v) is 12.0. The fourth-order valence-electron chi connectivity index (χ4n) is 4.69. The van der Waals surface area contributed by atoms with Crippen LogP contribution in [0.4, 0.5) is 11.4 Å². The smallest absolute Gasteiger partial charge is 0.330 e. The predicted molar refractivity (Wildman–Crippen MR) is 216 cm³/mol. The minimum atomic E-state index is -0.406. The van der Waals surface area contributed by atoms with E-state index in [0.717, 1.165) is 94.4 Å². The second kappa shape index (κ2) is 22.5. The van der Waals surface area contributed by atoms with Gasteiger partial charge >= 0.3 is 11.9 Å². The van der Waals surface area contributed by atoms with Gasteiger partial charge in [-0.05, 0) is 135 Å². The molecule has 0 aliphatic rings. The molecule has 0 bridgehead atoms. The summed E-state index contributed by atoms with van der Waals surface area (Å²) in [6, 6.07) is 31.2. The maximum Gasteiger partial charge on any atom is 0.330 e. The summed E-state index contributed by atoms with van der Waals surface area (Å²) < 4.78 is 21.4. The van der Waals surface area contributed by atoms with Crippen molar-refractivity contribution in [2.45, 2.75) is 39.5 Å². The number of rotatable bonds is 21. The van der Waals surface area contributed by atoms with Crippen molar-refractivity contribution < 1.29 is 28.5 Å². The number of unbranched alkanes of at least 4 members (excludes halogenated alkanes) is 2. The number of nitrogens with zero attached hydrogens (tertiary/aromatic N) is 4. The molecule has 4 aromatic carbocycles. The van der Waals surface area contributed by atoms with Gasteiger partial charge in [0.2, 0.25) is 0 Å². The van der Waals surface area contributed by atoms with Gasteiger partial charge in [-0.2, -0.15) is 10.2 Å². The zero-order chi connectivity index (χ0) is 38.4. The SMILES string of the molecule is C=CC(=O)OCCCCOc1ccc(C=Nc2ccc(C(C)=NN=C(C)c3ccc(N=Cc4ccc(OCCCCOC(=O)C=C)cc4)cc3)cc2)cc1. The molecule has 10 nitrogen and oxygen atoms in total. The Hall–Kier alpha value is -6.42. The van der Waals surface area contributed by atoms with Gasteiger partial charge in [-0.15, -0.1) is 0 Å². The van der Waals surface area contributed by atoms with E-state index in [2.05, 4.69) is 33.3 Å². The highest BCUT2D eigenvalue weighted by Gasteiger charge is 2.02. The van der Waals surface area contributed by atoms with Gasteiger partial charge in [0.25, 0.3) is 0 Å². The van der Waals surface area contributed by atoms with Crippen LogP contribution in [-0.4, -0.2) is 62.2 Å². The van der Waals surface area contributed by atoms with E-state index in [1.807, 2.05) is 123 Å². The molecule has 0 heterocycles. The molecule has 10 heteroatoms. The van der Waals surface area contributed by atoms with Crippen LogP contribution in [0.2, 0.25) is 0 Å². The number of ether oxygens (including phenoxy) is 4. The molecule has 0 fully saturated rings. The normalized spacial score (nSPS) is 11.7. The molecule has 0 aliphatic heterocycles. The molecule has 4 rings (SSSR count). The third kappa shape index (κ3) is 14.7.